The third-order valence-corrected chi connectivity index (χ3v) is 2.60. The zero-order valence-corrected chi connectivity index (χ0v) is 11.4. The minimum absolute atomic E-state index is 0.0351. The van der Waals surface area contributed by atoms with E-state index >= 15 is 0 Å². The van der Waals surface area contributed by atoms with Crippen molar-refractivity contribution in [3.05, 3.63) is 28.7 Å². The Bertz CT molecular complexity index is 436. The van der Waals surface area contributed by atoms with Crippen molar-refractivity contribution in [2.45, 2.75) is 19.4 Å². The Morgan fingerprint density at radius 2 is 2.22 bits per heavy atom. The van der Waals surface area contributed by atoms with Gasteiger partial charge in [-0.1, -0.05) is 22.0 Å². The van der Waals surface area contributed by atoms with Gasteiger partial charge < -0.3 is 20.0 Å². The Labute approximate surface area is 113 Å². The molecule has 1 amide bonds. The maximum absolute atomic E-state index is 11.6. The van der Waals surface area contributed by atoms with Crippen molar-refractivity contribution in [2.24, 2.45) is 0 Å². The Balaban J connectivity index is 2.42. The van der Waals surface area contributed by atoms with Crippen LogP contribution in [0.15, 0.2) is 28.7 Å². The molecule has 0 aliphatic rings. The summed E-state index contributed by atoms with van der Waals surface area (Å²) in [5.41, 5.74) is 0. The summed E-state index contributed by atoms with van der Waals surface area (Å²) < 4.78 is 6.26. The fraction of sp³-hybridized carbons (Fsp3) is 0.333. The molecule has 0 fully saturated rings. The van der Waals surface area contributed by atoms with Gasteiger partial charge in [0.05, 0.1) is 0 Å². The fourth-order valence-corrected chi connectivity index (χ4v) is 1.61. The van der Waals surface area contributed by atoms with E-state index in [4.69, 9.17) is 4.74 Å². The van der Waals surface area contributed by atoms with E-state index in [1.807, 2.05) is 6.07 Å². The summed E-state index contributed by atoms with van der Waals surface area (Å²) >= 11 is 3.29. The number of rotatable bonds is 6. The first kappa shape index (κ1) is 14.5. The molecule has 0 saturated heterocycles. The van der Waals surface area contributed by atoms with Crippen LogP contribution < -0.4 is 15.2 Å². The van der Waals surface area contributed by atoms with E-state index < -0.39 is 12.1 Å². The first-order chi connectivity index (χ1) is 8.49. The molecule has 0 bridgehead atoms. The van der Waals surface area contributed by atoms with Crippen molar-refractivity contribution < 1.29 is 19.4 Å². The zero-order valence-electron chi connectivity index (χ0n) is 9.81. The molecule has 0 aliphatic heterocycles. The molecule has 5 nitrogen and oxygen atoms in total. The van der Waals surface area contributed by atoms with E-state index in [9.17, 15) is 14.7 Å². The van der Waals surface area contributed by atoms with Gasteiger partial charge in [-0.05, 0) is 25.1 Å². The van der Waals surface area contributed by atoms with E-state index in [0.29, 0.717) is 5.75 Å². The Morgan fingerprint density at radius 1 is 1.50 bits per heavy atom. The first-order valence-corrected chi connectivity index (χ1v) is 6.18. The standard InChI is InChI=1S/C12H14BrNO4/c1-8(12(17)14-6-5-11(15)16)18-10-4-2-3-9(13)7-10/h2-4,7-8H,5-6H2,1H3,(H,14,17)(H,15,16)/p-1/t8-/m0/s1. The minimum Gasteiger partial charge on any atom is -0.550 e. The average Bonchev–Trinajstić information content (AvgIpc) is 2.28. The summed E-state index contributed by atoms with van der Waals surface area (Å²) in [7, 11) is 0. The largest absolute Gasteiger partial charge is 0.550 e. The van der Waals surface area contributed by atoms with Crippen LogP contribution in [0.1, 0.15) is 13.3 Å². The molecular weight excluding hydrogens is 302 g/mol. The van der Waals surface area contributed by atoms with Crippen LogP contribution in [0.4, 0.5) is 0 Å². The molecule has 98 valence electrons. The highest BCUT2D eigenvalue weighted by Crippen LogP contribution is 2.18. The molecule has 0 saturated carbocycles. The van der Waals surface area contributed by atoms with Crippen molar-refractivity contribution in [2.75, 3.05) is 6.54 Å². The van der Waals surface area contributed by atoms with Crippen LogP contribution in [0.2, 0.25) is 0 Å². The van der Waals surface area contributed by atoms with Gasteiger partial charge in [-0.15, -0.1) is 0 Å². The molecule has 1 atom stereocenters. The van der Waals surface area contributed by atoms with E-state index in [0.717, 1.165) is 4.47 Å². The summed E-state index contributed by atoms with van der Waals surface area (Å²) in [5, 5.41) is 12.6. The molecule has 1 aromatic rings. The van der Waals surface area contributed by atoms with Crippen LogP contribution in [-0.2, 0) is 9.59 Å². The van der Waals surface area contributed by atoms with Crippen LogP contribution in [0.5, 0.6) is 5.75 Å². The molecule has 0 aliphatic carbocycles. The number of carbonyl (C=O) groups excluding carboxylic acids is 2. The number of carbonyl (C=O) groups is 2. The van der Waals surface area contributed by atoms with Crippen molar-refractivity contribution in [3.63, 3.8) is 0 Å². The molecule has 0 aromatic heterocycles. The monoisotopic (exact) mass is 314 g/mol. The Hall–Kier alpha value is -1.56. The van der Waals surface area contributed by atoms with Gasteiger partial charge in [0.25, 0.3) is 5.91 Å². The molecule has 0 heterocycles. The van der Waals surface area contributed by atoms with Crippen molar-refractivity contribution in [1.29, 1.82) is 0 Å². The minimum atomic E-state index is -1.20. The van der Waals surface area contributed by atoms with Crippen LogP contribution in [-0.4, -0.2) is 24.5 Å². The molecule has 0 radical (unpaired) electrons. The van der Waals surface area contributed by atoms with Gasteiger partial charge in [0.15, 0.2) is 6.10 Å². The molecule has 18 heavy (non-hydrogen) atoms. The quantitative estimate of drug-likeness (QED) is 0.828. The van der Waals surface area contributed by atoms with Crippen molar-refractivity contribution in [1.82, 2.24) is 5.32 Å². The SMILES string of the molecule is C[C@H](Oc1cccc(Br)c1)C(=O)NCCC(=O)[O-]. The summed E-state index contributed by atoms with van der Waals surface area (Å²) in [4.78, 5) is 21.7. The number of carboxylic acids is 1. The molecule has 6 heteroatoms. The highest BCUT2D eigenvalue weighted by molar-refractivity contribution is 9.10. The molecule has 1 aromatic carbocycles. The number of nitrogens with one attached hydrogen (secondary N) is 1. The van der Waals surface area contributed by atoms with Gasteiger partial charge in [0.2, 0.25) is 0 Å². The Kier molecular flexibility index (Phi) is 5.64. The third-order valence-electron chi connectivity index (χ3n) is 2.11. The Morgan fingerprint density at radius 3 is 2.83 bits per heavy atom. The van der Waals surface area contributed by atoms with Gasteiger partial charge in [-0.2, -0.15) is 0 Å². The zero-order chi connectivity index (χ0) is 13.5. The topological polar surface area (TPSA) is 78.5 Å². The predicted octanol–water partition coefficient (Wildman–Crippen LogP) is 0.473. The maximum atomic E-state index is 11.6. The lowest BCUT2D eigenvalue weighted by Gasteiger charge is -2.15. The lowest BCUT2D eigenvalue weighted by Crippen LogP contribution is -2.38. The maximum Gasteiger partial charge on any atom is 0.260 e. The van der Waals surface area contributed by atoms with Crippen molar-refractivity contribution >= 4 is 27.8 Å². The number of amides is 1. The van der Waals surface area contributed by atoms with E-state index in [2.05, 4.69) is 21.2 Å². The number of aliphatic carboxylic acids is 1. The number of carboxylic acid groups (broad SMARTS) is 1. The van der Waals surface area contributed by atoms with Gasteiger partial charge in [0.1, 0.15) is 5.75 Å². The highest BCUT2D eigenvalue weighted by atomic mass is 79.9. The van der Waals surface area contributed by atoms with Gasteiger partial charge in [0, 0.05) is 23.4 Å². The van der Waals surface area contributed by atoms with E-state index in [1.54, 1.807) is 25.1 Å². The second kappa shape index (κ2) is 7.00. The van der Waals surface area contributed by atoms with Crippen LogP contribution in [0, 0.1) is 0 Å². The second-order valence-electron chi connectivity index (χ2n) is 3.63. The molecule has 0 unspecified atom stereocenters. The van der Waals surface area contributed by atoms with Crippen LogP contribution in [0.3, 0.4) is 0 Å². The van der Waals surface area contributed by atoms with Gasteiger partial charge in [-0.25, -0.2) is 0 Å². The summed E-state index contributed by atoms with van der Waals surface area (Å²) in [6.07, 6.45) is -0.906. The predicted molar refractivity (Wildman–Crippen MR) is 66.9 cm³/mol. The number of benzene rings is 1. The van der Waals surface area contributed by atoms with E-state index in [-0.39, 0.29) is 18.9 Å². The molecular formula is C12H13BrNO4-. The third kappa shape index (κ3) is 5.18. The molecule has 1 rings (SSSR count). The second-order valence-corrected chi connectivity index (χ2v) is 4.55. The first-order valence-electron chi connectivity index (χ1n) is 5.39. The lowest BCUT2D eigenvalue weighted by molar-refractivity contribution is -0.305. The van der Waals surface area contributed by atoms with E-state index in [1.165, 1.54) is 0 Å². The lowest BCUT2D eigenvalue weighted by atomic mass is 10.3. The summed E-state index contributed by atoms with van der Waals surface area (Å²) in [6, 6.07) is 7.11. The number of hydrogen-bond donors (Lipinski definition) is 1. The number of hydrogen-bond acceptors (Lipinski definition) is 4. The summed E-state index contributed by atoms with van der Waals surface area (Å²) in [6.45, 7) is 1.63. The van der Waals surface area contributed by atoms with Gasteiger partial charge >= 0.3 is 0 Å². The number of halogens is 1. The number of ether oxygens (including phenoxy) is 1. The average molecular weight is 315 g/mol. The van der Waals surface area contributed by atoms with Crippen molar-refractivity contribution in [3.8, 4) is 5.75 Å². The van der Waals surface area contributed by atoms with Crippen LogP contribution in [0.25, 0.3) is 0 Å². The summed E-state index contributed by atoms with van der Waals surface area (Å²) in [5.74, 6) is -1.00. The smallest absolute Gasteiger partial charge is 0.260 e. The normalized spacial score (nSPS) is 11.7. The fourth-order valence-electron chi connectivity index (χ4n) is 1.23. The molecule has 0 spiro atoms. The molecule has 1 N–H and O–H groups in total. The van der Waals surface area contributed by atoms with Gasteiger partial charge in [-0.3, -0.25) is 4.79 Å². The highest BCUT2D eigenvalue weighted by Gasteiger charge is 2.13. The van der Waals surface area contributed by atoms with Crippen LogP contribution >= 0.6 is 15.9 Å².